The van der Waals surface area contributed by atoms with E-state index in [4.69, 9.17) is 9.47 Å². The molecule has 2 aliphatic rings. The van der Waals surface area contributed by atoms with Crippen molar-refractivity contribution in [2.45, 2.75) is 12.6 Å². The van der Waals surface area contributed by atoms with Gasteiger partial charge < -0.3 is 25.2 Å². The Kier molecular flexibility index (Phi) is 4.17. The summed E-state index contributed by atoms with van der Waals surface area (Å²) in [6.07, 6.45) is -0.248. The monoisotopic (exact) mass is 333 g/mol. The molecule has 0 amide bonds. The fourth-order valence-electron chi connectivity index (χ4n) is 2.86. The van der Waals surface area contributed by atoms with E-state index in [1.807, 2.05) is 18.2 Å². The van der Waals surface area contributed by atoms with Gasteiger partial charge in [0.05, 0.1) is 11.8 Å². The summed E-state index contributed by atoms with van der Waals surface area (Å²) in [7, 11) is 0. The first kappa shape index (κ1) is 14.9. The Bertz CT molecular complexity index is 691. The van der Waals surface area contributed by atoms with Crippen molar-refractivity contribution in [2.24, 2.45) is 5.92 Å². The number of nitrogens with one attached hydrogen (secondary N) is 2. The number of hydrogen-bond acceptors (Lipinski definition) is 7. The van der Waals surface area contributed by atoms with Crippen LogP contribution in [-0.4, -0.2) is 42.6 Å². The molecule has 1 aromatic heterocycles. The van der Waals surface area contributed by atoms with Gasteiger partial charge >= 0.3 is 0 Å². The quantitative estimate of drug-likeness (QED) is 0.764. The molecule has 0 aliphatic carbocycles. The summed E-state index contributed by atoms with van der Waals surface area (Å²) in [4.78, 5) is 4.67. The number of rotatable bonds is 5. The zero-order valence-corrected chi connectivity index (χ0v) is 13.4. The minimum absolute atomic E-state index is 0.248. The van der Waals surface area contributed by atoms with Crippen LogP contribution in [0.25, 0.3) is 10.6 Å². The molecule has 2 aromatic rings. The maximum Gasteiger partial charge on any atom is 0.231 e. The summed E-state index contributed by atoms with van der Waals surface area (Å²) in [5, 5.41) is 19.4. The maximum absolute atomic E-state index is 9.78. The number of β-amino-alcohol motifs (C(OH)–C–C–N with tert-alkyl or cyclic N) is 1. The number of hydrogen-bond donors (Lipinski definition) is 3. The van der Waals surface area contributed by atoms with E-state index in [0.29, 0.717) is 13.1 Å². The van der Waals surface area contributed by atoms with Gasteiger partial charge in [-0.2, -0.15) is 0 Å². The van der Waals surface area contributed by atoms with Crippen LogP contribution in [0.4, 0.5) is 0 Å². The lowest BCUT2D eigenvalue weighted by molar-refractivity contribution is 0.146. The predicted octanol–water partition coefficient (Wildman–Crippen LogP) is 1.21. The molecular weight excluding hydrogens is 314 g/mol. The van der Waals surface area contributed by atoms with Crippen molar-refractivity contribution in [3.8, 4) is 22.1 Å². The van der Waals surface area contributed by atoms with E-state index in [1.54, 1.807) is 11.3 Å². The van der Waals surface area contributed by atoms with E-state index in [0.717, 1.165) is 40.9 Å². The molecule has 0 radical (unpaired) electrons. The van der Waals surface area contributed by atoms with E-state index < -0.39 is 0 Å². The van der Waals surface area contributed by atoms with Crippen LogP contribution >= 0.6 is 11.3 Å². The minimum Gasteiger partial charge on any atom is -0.454 e. The van der Waals surface area contributed by atoms with Crippen LogP contribution < -0.4 is 20.1 Å². The van der Waals surface area contributed by atoms with Gasteiger partial charge in [0.2, 0.25) is 6.79 Å². The largest absolute Gasteiger partial charge is 0.454 e. The lowest BCUT2D eigenvalue weighted by Gasteiger charge is -2.13. The molecular formula is C16H19N3O3S. The van der Waals surface area contributed by atoms with Crippen molar-refractivity contribution in [3.05, 3.63) is 29.3 Å². The van der Waals surface area contributed by atoms with Gasteiger partial charge in [-0.1, -0.05) is 0 Å². The number of nitrogens with zero attached hydrogens (tertiary/aromatic N) is 1. The van der Waals surface area contributed by atoms with E-state index in [2.05, 4.69) is 21.0 Å². The standard InChI is InChI=1S/C16H19N3O3S/c20-13-7-18-5-11(13)4-17-6-12-8-23-16(19-12)10-1-2-14-15(3-10)22-9-21-14/h1-3,8,11,13,17-18,20H,4-7,9H2. The summed E-state index contributed by atoms with van der Waals surface area (Å²) in [5.41, 5.74) is 2.06. The van der Waals surface area contributed by atoms with Crippen LogP contribution in [0.5, 0.6) is 11.5 Å². The van der Waals surface area contributed by atoms with Gasteiger partial charge in [0, 0.05) is 43.0 Å². The molecule has 3 heterocycles. The molecule has 6 nitrogen and oxygen atoms in total. The Morgan fingerprint density at radius 2 is 2.22 bits per heavy atom. The summed E-state index contributed by atoms with van der Waals surface area (Å²) in [6.45, 7) is 3.36. The second kappa shape index (κ2) is 6.45. The molecule has 0 spiro atoms. The Morgan fingerprint density at radius 1 is 1.30 bits per heavy atom. The number of fused-ring (bicyclic) bond motifs is 1. The SMILES string of the molecule is OC1CNCC1CNCc1csc(-c2ccc3c(c2)OCO3)n1. The fraction of sp³-hybridized carbons (Fsp3) is 0.438. The lowest BCUT2D eigenvalue weighted by Crippen LogP contribution is -2.30. The summed E-state index contributed by atoms with van der Waals surface area (Å²) in [6, 6.07) is 5.90. The molecule has 2 unspecified atom stereocenters. The van der Waals surface area contributed by atoms with Crippen LogP contribution in [0.1, 0.15) is 5.69 Å². The van der Waals surface area contributed by atoms with Gasteiger partial charge in [-0.15, -0.1) is 11.3 Å². The van der Waals surface area contributed by atoms with Gasteiger partial charge in [0.15, 0.2) is 11.5 Å². The Hall–Kier alpha value is -1.67. The van der Waals surface area contributed by atoms with Gasteiger partial charge in [0.1, 0.15) is 5.01 Å². The normalized spacial score (nSPS) is 22.7. The molecule has 2 aliphatic heterocycles. The number of thiazole rings is 1. The third-order valence-electron chi connectivity index (χ3n) is 4.19. The Balaban J connectivity index is 1.37. The third kappa shape index (κ3) is 3.18. The molecule has 7 heteroatoms. The zero-order chi connectivity index (χ0) is 15.6. The summed E-state index contributed by atoms with van der Waals surface area (Å²) >= 11 is 1.62. The van der Waals surface area contributed by atoms with Crippen molar-refractivity contribution < 1.29 is 14.6 Å². The summed E-state index contributed by atoms with van der Waals surface area (Å²) < 4.78 is 10.7. The lowest BCUT2D eigenvalue weighted by atomic mass is 10.1. The first-order chi connectivity index (χ1) is 11.3. The van der Waals surface area contributed by atoms with Gasteiger partial charge in [-0.3, -0.25) is 0 Å². The average molecular weight is 333 g/mol. The van der Waals surface area contributed by atoms with Crippen molar-refractivity contribution in [1.29, 1.82) is 0 Å². The van der Waals surface area contributed by atoms with Gasteiger partial charge in [-0.05, 0) is 18.2 Å². The highest BCUT2D eigenvalue weighted by molar-refractivity contribution is 7.13. The molecule has 0 saturated carbocycles. The second-order valence-electron chi connectivity index (χ2n) is 5.83. The minimum atomic E-state index is -0.248. The molecule has 3 N–H and O–H groups in total. The van der Waals surface area contributed by atoms with Crippen LogP contribution in [-0.2, 0) is 6.54 Å². The highest BCUT2D eigenvalue weighted by atomic mass is 32.1. The first-order valence-electron chi connectivity index (χ1n) is 7.73. The molecule has 4 rings (SSSR count). The van der Waals surface area contributed by atoms with Crippen molar-refractivity contribution >= 4 is 11.3 Å². The average Bonchev–Trinajstić information content (AvgIpc) is 3.28. The molecule has 1 aromatic carbocycles. The maximum atomic E-state index is 9.78. The van der Waals surface area contributed by atoms with Crippen LogP contribution in [0.3, 0.4) is 0 Å². The van der Waals surface area contributed by atoms with Crippen molar-refractivity contribution in [1.82, 2.24) is 15.6 Å². The fourth-order valence-corrected chi connectivity index (χ4v) is 3.68. The van der Waals surface area contributed by atoms with E-state index in [-0.39, 0.29) is 18.8 Å². The Labute approximate surface area is 138 Å². The number of ether oxygens (including phenoxy) is 2. The second-order valence-corrected chi connectivity index (χ2v) is 6.69. The summed E-state index contributed by atoms with van der Waals surface area (Å²) in [5.74, 6) is 1.85. The highest BCUT2D eigenvalue weighted by Crippen LogP contribution is 2.36. The Morgan fingerprint density at radius 3 is 3.09 bits per heavy atom. The molecule has 2 atom stereocenters. The molecule has 1 saturated heterocycles. The predicted molar refractivity (Wildman–Crippen MR) is 87.7 cm³/mol. The first-order valence-corrected chi connectivity index (χ1v) is 8.61. The molecule has 1 fully saturated rings. The van der Waals surface area contributed by atoms with E-state index in [9.17, 15) is 5.11 Å². The van der Waals surface area contributed by atoms with E-state index >= 15 is 0 Å². The van der Waals surface area contributed by atoms with Gasteiger partial charge in [0.25, 0.3) is 0 Å². The van der Waals surface area contributed by atoms with Crippen LogP contribution in [0.2, 0.25) is 0 Å². The van der Waals surface area contributed by atoms with Crippen molar-refractivity contribution in [3.63, 3.8) is 0 Å². The molecule has 122 valence electrons. The highest BCUT2D eigenvalue weighted by Gasteiger charge is 2.24. The molecule has 23 heavy (non-hydrogen) atoms. The number of aliphatic hydroxyl groups is 1. The van der Waals surface area contributed by atoms with Crippen molar-refractivity contribution in [2.75, 3.05) is 26.4 Å². The van der Waals surface area contributed by atoms with Crippen LogP contribution in [0.15, 0.2) is 23.6 Å². The smallest absolute Gasteiger partial charge is 0.231 e. The van der Waals surface area contributed by atoms with Gasteiger partial charge in [-0.25, -0.2) is 4.98 Å². The number of aromatic nitrogens is 1. The topological polar surface area (TPSA) is 75.6 Å². The number of benzene rings is 1. The third-order valence-corrected chi connectivity index (χ3v) is 5.13. The molecule has 0 bridgehead atoms. The van der Waals surface area contributed by atoms with Crippen LogP contribution in [0, 0.1) is 5.92 Å². The van der Waals surface area contributed by atoms with E-state index in [1.165, 1.54) is 0 Å². The zero-order valence-electron chi connectivity index (χ0n) is 12.6. The number of aliphatic hydroxyl groups excluding tert-OH is 1.